The molecule has 0 radical (unpaired) electrons. The number of aryl methyl sites for hydroxylation is 1. The number of sulfone groups is 1. The Labute approximate surface area is 139 Å². The van der Waals surface area contributed by atoms with E-state index in [1.807, 2.05) is 0 Å². The third-order valence-electron chi connectivity index (χ3n) is 3.81. The molecule has 0 amide bonds. The average molecular weight is 341 g/mol. The standard InChI is InChI=1S/C18H15NO4S/c1-11-7-6-10-13-14(11)15(18(20)21)17(24(2,22)23)16(19-13)12-8-4-3-5-9-12/h3-10H,1-2H3,(H,20,21). The zero-order valence-corrected chi connectivity index (χ0v) is 14.0. The van der Waals surface area contributed by atoms with E-state index in [0.29, 0.717) is 22.0 Å². The molecule has 0 aliphatic rings. The van der Waals surface area contributed by atoms with E-state index in [4.69, 9.17) is 0 Å². The smallest absolute Gasteiger partial charge is 0.337 e. The fourth-order valence-electron chi connectivity index (χ4n) is 2.83. The van der Waals surface area contributed by atoms with Gasteiger partial charge in [-0.2, -0.15) is 0 Å². The largest absolute Gasteiger partial charge is 0.478 e. The van der Waals surface area contributed by atoms with Crippen molar-refractivity contribution in [2.45, 2.75) is 11.8 Å². The van der Waals surface area contributed by atoms with Crippen LogP contribution >= 0.6 is 0 Å². The minimum atomic E-state index is -3.81. The maximum atomic E-state index is 12.4. The molecule has 3 rings (SSSR count). The van der Waals surface area contributed by atoms with Gasteiger partial charge in [-0.05, 0) is 18.6 Å². The highest BCUT2D eigenvalue weighted by atomic mass is 32.2. The van der Waals surface area contributed by atoms with Gasteiger partial charge in [0.15, 0.2) is 9.84 Å². The van der Waals surface area contributed by atoms with Gasteiger partial charge in [-0.15, -0.1) is 0 Å². The summed E-state index contributed by atoms with van der Waals surface area (Å²) in [4.78, 5) is 16.2. The Morgan fingerprint density at radius 1 is 1.04 bits per heavy atom. The summed E-state index contributed by atoms with van der Waals surface area (Å²) in [5.74, 6) is -1.28. The Hall–Kier alpha value is -2.73. The number of carboxylic acid groups (broad SMARTS) is 1. The number of hydrogen-bond donors (Lipinski definition) is 1. The van der Waals surface area contributed by atoms with Crippen LogP contribution in [0.25, 0.3) is 22.2 Å². The summed E-state index contributed by atoms with van der Waals surface area (Å²) < 4.78 is 24.8. The third-order valence-corrected chi connectivity index (χ3v) is 4.95. The topological polar surface area (TPSA) is 84.3 Å². The van der Waals surface area contributed by atoms with Crippen molar-refractivity contribution >= 4 is 26.7 Å². The van der Waals surface area contributed by atoms with Crippen LogP contribution in [-0.4, -0.2) is 30.7 Å². The first-order valence-corrected chi connectivity index (χ1v) is 9.12. The Morgan fingerprint density at radius 2 is 1.71 bits per heavy atom. The molecule has 0 saturated heterocycles. The molecule has 3 aromatic rings. The van der Waals surface area contributed by atoms with Crippen LogP contribution in [-0.2, 0) is 9.84 Å². The molecule has 5 nitrogen and oxygen atoms in total. The van der Waals surface area contributed by atoms with Gasteiger partial charge in [-0.1, -0.05) is 42.5 Å². The molecule has 0 unspecified atom stereocenters. The number of rotatable bonds is 3. The number of fused-ring (bicyclic) bond motifs is 1. The number of hydrogen-bond acceptors (Lipinski definition) is 4. The van der Waals surface area contributed by atoms with Gasteiger partial charge in [0.1, 0.15) is 4.90 Å². The summed E-state index contributed by atoms with van der Waals surface area (Å²) >= 11 is 0. The van der Waals surface area contributed by atoms with E-state index in [1.54, 1.807) is 55.5 Å². The van der Waals surface area contributed by atoms with Gasteiger partial charge in [0.2, 0.25) is 0 Å². The van der Waals surface area contributed by atoms with E-state index < -0.39 is 15.8 Å². The lowest BCUT2D eigenvalue weighted by Crippen LogP contribution is -2.12. The van der Waals surface area contributed by atoms with E-state index in [-0.39, 0.29) is 16.2 Å². The zero-order chi connectivity index (χ0) is 17.5. The number of carbonyl (C=O) groups is 1. The van der Waals surface area contributed by atoms with Crippen LogP contribution in [0.4, 0.5) is 0 Å². The zero-order valence-electron chi connectivity index (χ0n) is 13.1. The summed E-state index contributed by atoms with van der Waals surface area (Å²) in [7, 11) is -3.81. The van der Waals surface area contributed by atoms with Crippen molar-refractivity contribution in [3.05, 3.63) is 59.7 Å². The van der Waals surface area contributed by atoms with Crippen LogP contribution < -0.4 is 0 Å². The van der Waals surface area contributed by atoms with Gasteiger partial charge in [0.05, 0.1) is 16.8 Å². The van der Waals surface area contributed by atoms with E-state index >= 15 is 0 Å². The van der Waals surface area contributed by atoms with Gasteiger partial charge in [-0.3, -0.25) is 0 Å². The van der Waals surface area contributed by atoms with E-state index in [0.717, 1.165) is 6.26 Å². The lowest BCUT2D eigenvalue weighted by atomic mass is 10.0. The van der Waals surface area contributed by atoms with Crippen molar-refractivity contribution in [2.75, 3.05) is 6.26 Å². The van der Waals surface area contributed by atoms with Crippen molar-refractivity contribution in [1.82, 2.24) is 4.98 Å². The van der Waals surface area contributed by atoms with Gasteiger partial charge < -0.3 is 5.11 Å². The van der Waals surface area contributed by atoms with Gasteiger partial charge >= 0.3 is 5.97 Å². The number of aromatic carboxylic acids is 1. The molecule has 0 aliphatic heterocycles. The highest BCUT2D eigenvalue weighted by Gasteiger charge is 2.28. The molecule has 24 heavy (non-hydrogen) atoms. The summed E-state index contributed by atoms with van der Waals surface area (Å²) in [6, 6.07) is 13.9. The minimum Gasteiger partial charge on any atom is -0.478 e. The Balaban J connectivity index is 2.61. The number of benzene rings is 2. The first-order valence-electron chi connectivity index (χ1n) is 7.23. The van der Waals surface area contributed by atoms with Crippen LogP contribution in [0.15, 0.2) is 53.4 Å². The molecular formula is C18H15NO4S. The predicted octanol–water partition coefficient (Wildman–Crippen LogP) is 3.31. The monoisotopic (exact) mass is 341 g/mol. The Morgan fingerprint density at radius 3 is 2.29 bits per heavy atom. The second kappa shape index (κ2) is 5.72. The second-order valence-corrected chi connectivity index (χ2v) is 7.53. The molecule has 1 N–H and O–H groups in total. The van der Waals surface area contributed by atoms with Crippen LogP contribution in [0.1, 0.15) is 15.9 Å². The molecule has 1 heterocycles. The average Bonchev–Trinajstić information content (AvgIpc) is 2.53. The summed E-state index contributed by atoms with van der Waals surface area (Å²) in [6.45, 7) is 1.74. The molecule has 6 heteroatoms. The SMILES string of the molecule is Cc1cccc2nc(-c3ccccc3)c(S(C)(=O)=O)c(C(=O)O)c12. The van der Waals surface area contributed by atoms with E-state index in [9.17, 15) is 18.3 Å². The van der Waals surface area contributed by atoms with Crippen molar-refractivity contribution in [3.8, 4) is 11.3 Å². The molecule has 0 fully saturated rings. The lowest BCUT2D eigenvalue weighted by Gasteiger charge is -2.15. The van der Waals surface area contributed by atoms with E-state index in [2.05, 4.69) is 4.98 Å². The molecule has 0 atom stereocenters. The highest BCUT2D eigenvalue weighted by molar-refractivity contribution is 7.91. The molecule has 0 aliphatic carbocycles. The van der Waals surface area contributed by atoms with Gasteiger partial charge in [0, 0.05) is 17.2 Å². The lowest BCUT2D eigenvalue weighted by molar-refractivity contribution is 0.0695. The fraction of sp³-hybridized carbons (Fsp3) is 0.111. The van der Waals surface area contributed by atoms with Crippen LogP contribution in [0.3, 0.4) is 0 Å². The molecule has 0 spiro atoms. The van der Waals surface area contributed by atoms with Crippen LogP contribution in [0, 0.1) is 6.92 Å². The first kappa shape index (κ1) is 16.1. The van der Waals surface area contributed by atoms with Crippen molar-refractivity contribution in [1.29, 1.82) is 0 Å². The Bertz CT molecular complexity index is 1060. The fourth-order valence-corrected chi connectivity index (χ4v) is 3.91. The quantitative estimate of drug-likeness (QED) is 0.790. The second-order valence-electron chi connectivity index (χ2n) is 5.58. The molecule has 0 saturated carbocycles. The molecular weight excluding hydrogens is 326 g/mol. The number of carboxylic acids is 1. The number of pyridine rings is 1. The Kier molecular flexibility index (Phi) is 3.85. The maximum absolute atomic E-state index is 12.4. The normalized spacial score (nSPS) is 11.6. The molecule has 0 bridgehead atoms. The van der Waals surface area contributed by atoms with Crippen molar-refractivity contribution in [3.63, 3.8) is 0 Å². The van der Waals surface area contributed by atoms with Gasteiger partial charge in [0.25, 0.3) is 0 Å². The molecule has 122 valence electrons. The summed E-state index contributed by atoms with van der Waals surface area (Å²) in [6.07, 6.45) is 1.01. The van der Waals surface area contributed by atoms with Crippen molar-refractivity contribution in [2.24, 2.45) is 0 Å². The molecule has 1 aromatic heterocycles. The third kappa shape index (κ3) is 2.65. The summed E-state index contributed by atoms with van der Waals surface area (Å²) in [5.41, 5.74) is 1.62. The number of nitrogens with zero attached hydrogens (tertiary/aromatic N) is 1. The van der Waals surface area contributed by atoms with Crippen LogP contribution in [0.5, 0.6) is 0 Å². The minimum absolute atomic E-state index is 0.161. The van der Waals surface area contributed by atoms with Crippen LogP contribution in [0.2, 0.25) is 0 Å². The van der Waals surface area contributed by atoms with E-state index in [1.165, 1.54) is 0 Å². The highest BCUT2D eigenvalue weighted by Crippen LogP contribution is 2.34. The summed E-state index contributed by atoms with van der Waals surface area (Å²) in [5, 5.41) is 10.1. The van der Waals surface area contributed by atoms with Crippen molar-refractivity contribution < 1.29 is 18.3 Å². The molecule has 2 aromatic carbocycles. The maximum Gasteiger partial charge on any atom is 0.337 e. The van der Waals surface area contributed by atoms with Gasteiger partial charge in [-0.25, -0.2) is 18.2 Å². The first-order chi connectivity index (χ1) is 11.3. The number of aromatic nitrogens is 1. The predicted molar refractivity (Wildman–Crippen MR) is 92.0 cm³/mol.